The SMILES string of the molecule is O=C(CSCc1ccc([N+](=O)[O-])cc1)NCc1ccccc1CN1CCCC1. The van der Waals surface area contributed by atoms with E-state index in [2.05, 4.69) is 28.4 Å². The number of nitrogens with zero attached hydrogens (tertiary/aromatic N) is 2. The van der Waals surface area contributed by atoms with Crippen molar-refractivity contribution in [3.05, 3.63) is 75.3 Å². The molecule has 0 spiro atoms. The molecule has 2 aromatic rings. The van der Waals surface area contributed by atoms with Gasteiger partial charge in [-0.1, -0.05) is 36.4 Å². The van der Waals surface area contributed by atoms with E-state index in [1.54, 1.807) is 12.1 Å². The average Bonchev–Trinajstić information content (AvgIpc) is 3.21. The smallest absolute Gasteiger partial charge is 0.269 e. The van der Waals surface area contributed by atoms with Crippen LogP contribution >= 0.6 is 11.8 Å². The van der Waals surface area contributed by atoms with Gasteiger partial charge in [0, 0.05) is 31.0 Å². The molecule has 6 nitrogen and oxygen atoms in total. The maximum Gasteiger partial charge on any atom is 0.269 e. The van der Waals surface area contributed by atoms with E-state index >= 15 is 0 Å². The summed E-state index contributed by atoms with van der Waals surface area (Å²) in [5.74, 6) is 1.02. The molecule has 0 unspecified atom stereocenters. The van der Waals surface area contributed by atoms with Crippen LogP contribution in [-0.4, -0.2) is 34.6 Å². The topological polar surface area (TPSA) is 75.5 Å². The van der Waals surface area contributed by atoms with Gasteiger partial charge < -0.3 is 5.32 Å². The highest BCUT2D eigenvalue weighted by molar-refractivity contribution is 7.99. The lowest BCUT2D eigenvalue weighted by Crippen LogP contribution is -2.26. The minimum atomic E-state index is -0.411. The van der Waals surface area contributed by atoms with Crippen LogP contribution in [0, 0.1) is 10.1 Å². The molecule has 2 aromatic carbocycles. The third-order valence-electron chi connectivity index (χ3n) is 4.84. The van der Waals surface area contributed by atoms with Gasteiger partial charge in [-0.05, 0) is 42.6 Å². The van der Waals surface area contributed by atoms with Crippen LogP contribution in [0.25, 0.3) is 0 Å². The van der Waals surface area contributed by atoms with Crippen molar-refractivity contribution >= 4 is 23.4 Å². The number of rotatable bonds is 9. The predicted molar refractivity (Wildman–Crippen MR) is 112 cm³/mol. The highest BCUT2D eigenvalue weighted by Gasteiger charge is 2.14. The molecule has 0 bridgehead atoms. The Kier molecular flexibility index (Phi) is 7.45. The normalized spacial score (nSPS) is 14.1. The van der Waals surface area contributed by atoms with Gasteiger partial charge in [-0.25, -0.2) is 0 Å². The van der Waals surface area contributed by atoms with Crippen LogP contribution in [0.5, 0.6) is 0 Å². The first-order valence-corrected chi connectivity index (χ1v) is 10.6. The molecule has 0 atom stereocenters. The summed E-state index contributed by atoms with van der Waals surface area (Å²) in [6.45, 7) is 3.79. The highest BCUT2D eigenvalue weighted by atomic mass is 32.2. The Morgan fingerprint density at radius 1 is 1.07 bits per heavy atom. The van der Waals surface area contributed by atoms with Gasteiger partial charge in [0.15, 0.2) is 0 Å². The van der Waals surface area contributed by atoms with E-state index < -0.39 is 4.92 Å². The Bertz CT molecular complexity index is 805. The van der Waals surface area contributed by atoms with E-state index in [-0.39, 0.29) is 11.6 Å². The third kappa shape index (κ3) is 6.07. The molecule has 1 N–H and O–H groups in total. The Morgan fingerprint density at radius 3 is 2.43 bits per heavy atom. The molecule has 1 fully saturated rings. The molecular formula is C21H25N3O3S. The lowest BCUT2D eigenvalue weighted by Gasteiger charge is -2.17. The Hall–Kier alpha value is -2.38. The molecule has 0 aliphatic carbocycles. The second-order valence-electron chi connectivity index (χ2n) is 6.95. The molecule has 1 saturated heterocycles. The Labute approximate surface area is 169 Å². The minimum Gasteiger partial charge on any atom is -0.351 e. The first kappa shape index (κ1) is 20.4. The molecule has 0 aromatic heterocycles. The van der Waals surface area contributed by atoms with Crippen LogP contribution < -0.4 is 5.32 Å². The van der Waals surface area contributed by atoms with Gasteiger partial charge in [0.05, 0.1) is 10.7 Å². The molecule has 0 saturated carbocycles. The van der Waals surface area contributed by atoms with E-state index in [1.807, 2.05) is 6.07 Å². The van der Waals surface area contributed by atoms with Crippen LogP contribution in [-0.2, 0) is 23.6 Å². The number of carbonyl (C=O) groups excluding carboxylic acids is 1. The number of benzene rings is 2. The lowest BCUT2D eigenvalue weighted by atomic mass is 10.1. The first-order valence-electron chi connectivity index (χ1n) is 9.49. The number of likely N-dealkylation sites (tertiary alicyclic amines) is 1. The molecule has 1 aliphatic heterocycles. The summed E-state index contributed by atoms with van der Waals surface area (Å²) < 4.78 is 0. The number of hydrogen-bond donors (Lipinski definition) is 1. The third-order valence-corrected chi connectivity index (χ3v) is 5.84. The predicted octanol–water partition coefficient (Wildman–Crippen LogP) is 3.74. The molecule has 1 aliphatic rings. The highest BCUT2D eigenvalue weighted by Crippen LogP contribution is 2.18. The van der Waals surface area contributed by atoms with Crippen molar-refractivity contribution in [1.29, 1.82) is 0 Å². The number of carbonyl (C=O) groups is 1. The average molecular weight is 400 g/mol. The second-order valence-corrected chi connectivity index (χ2v) is 7.93. The summed E-state index contributed by atoms with van der Waals surface area (Å²) in [6.07, 6.45) is 2.54. The van der Waals surface area contributed by atoms with Crippen molar-refractivity contribution in [3.8, 4) is 0 Å². The van der Waals surface area contributed by atoms with Crippen LogP contribution in [0.3, 0.4) is 0 Å². The second kappa shape index (κ2) is 10.2. The fourth-order valence-corrected chi connectivity index (χ4v) is 4.10. The van der Waals surface area contributed by atoms with E-state index in [0.29, 0.717) is 18.1 Å². The maximum atomic E-state index is 12.2. The number of non-ortho nitro benzene ring substituents is 1. The van der Waals surface area contributed by atoms with Crippen molar-refractivity contribution in [2.45, 2.75) is 31.7 Å². The molecule has 1 heterocycles. The monoisotopic (exact) mass is 399 g/mol. The number of hydrogen-bond acceptors (Lipinski definition) is 5. The summed E-state index contributed by atoms with van der Waals surface area (Å²) in [4.78, 5) is 24.9. The van der Waals surface area contributed by atoms with E-state index in [1.165, 1.54) is 47.9 Å². The van der Waals surface area contributed by atoms with Gasteiger partial charge in [-0.15, -0.1) is 11.8 Å². The maximum absolute atomic E-state index is 12.2. The Morgan fingerprint density at radius 2 is 1.75 bits per heavy atom. The summed E-state index contributed by atoms with van der Waals surface area (Å²) in [6, 6.07) is 14.7. The molecule has 3 rings (SSSR count). The van der Waals surface area contributed by atoms with Crippen LogP contribution in [0.4, 0.5) is 5.69 Å². The number of nitrogens with one attached hydrogen (secondary N) is 1. The van der Waals surface area contributed by atoms with Gasteiger partial charge in [0.2, 0.25) is 5.91 Å². The van der Waals surface area contributed by atoms with Crippen LogP contribution in [0.1, 0.15) is 29.5 Å². The zero-order valence-electron chi connectivity index (χ0n) is 15.8. The molecule has 28 heavy (non-hydrogen) atoms. The van der Waals surface area contributed by atoms with Gasteiger partial charge in [0.1, 0.15) is 0 Å². The minimum absolute atomic E-state index is 0.00267. The van der Waals surface area contributed by atoms with E-state index in [0.717, 1.165) is 25.2 Å². The summed E-state index contributed by atoms with van der Waals surface area (Å²) in [5.41, 5.74) is 3.50. The zero-order valence-corrected chi connectivity index (χ0v) is 16.6. The van der Waals surface area contributed by atoms with Gasteiger partial charge in [-0.3, -0.25) is 19.8 Å². The number of thioether (sulfide) groups is 1. The summed E-state index contributed by atoms with van der Waals surface area (Å²) in [7, 11) is 0. The van der Waals surface area contributed by atoms with Crippen molar-refractivity contribution in [2.24, 2.45) is 0 Å². The lowest BCUT2D eigenvalue weighted by molar-refractivity contribution is -0.384. The van der Waals surface area contributed by atoms with Crippen molar-refractivity contribution in [2.75, 3.05) is 18.8 Å². The Balaban J connectivity index is 1.42. The van der Waals surface area contributed by atoms with Gasteiger partial charge in [-0.2, -0.15) is 0 Å². The van der Waals surface area contributed by atoms with Crippen molar-refractivity contribution in [1.82, 2.24) is 10.2 Å². The van der Waals surface area contributed by atoms with Gasteiger partial charge >= 0.3 is 0 Å². The van der Waals surface area contributed by atoms with Crippen molar-refractivity contribution in [3.63, 3.8) is 0 Å². The van der Waals surface area contributed by atoms with Crippen LogP contribution in [0.15, 0.2) is 48.5 Å². The fourth-order valence-electron chi connectivity index (χ4n) is 3.29. The number of amides is 1. The van der Waals surface area contributed by atoms with E-state index in [9.17, 15) is 14.9 Å². The molecule has 0 radical (unpaired) electrons. The van der Waals surface area contributed by atoms with Gasteiger partial charge in [0.25, 0.3) is 5.69 Å². The van der Waals surface area contributed by atoms with E-state index in [4.69, 9.17) is 0 Å². The molecule has 148 valence electrons. The summed E-state index contributed by atoms with van der Waals surface area (Å²) in [5, 5.41) is 13.7. The zero-order chi connectivity index (χ0) is 19.8. The van der Waals surface area contributed by atoms with Crippen LogP contribution in [0.2, 0.25) is 0 Å². The van der Waals surface area contributed by atoms with Crippen molar-refractivity contribution < 1.29 is 9.72 Å². The first-order chi connectivity index (χ1) is 13.6. The fraction of sp³-hybridized carbons (Fsp3) is 0.381. The molecular weight excluding hydrogens is 374 g/mol. The molecule has 7 heteroatoms. The number of nitro groups is 1. The quantitative estimate of drug-likeness (QED) is 0.513. The standard InChI is InChI=1S/C21H25N3O3S/c25-21(16-28-15-17-7-9-20(10-8-17)24(26)27)22-13-18-5-1-2-6-19(18)14-23-11-3-4-12-23/h1-2,5-10H,3-4,11-16H2,(H,22,25). The number of nitro benzene ring substituents is 1. The molecule has 1 amide bonds. The summed E-state index contributed by atoms with van der Waals surface area (Å²) >= 11 is 1.50. The largest absolute Gasteiger partial charge is 0.351 e.